The van der Waals surface area contributed by atoms with Crippen LogP contribution in [0.4, 0.5) is 19.0 Å². The quantitative estimate of drug-likeness (QED) is 0.489. The van der Waals surface area contributed by atoms with E-state index in [0.29, 0.717) is 31.9 Å². The summed E-state index contributed by atoms with van der Waals surface area (Å²) in [4.78, 5) is 34.0. The molecular formula is C22H22F3N7O. The summed E-state index contributed by atoms with van der Waals surface area (Å²) in [6.45, 7) is 5.52. The summed E-state index contributed by atoms with van der Waals surface area (Å²) in [7, 11) is 0. The first kappa shape index (κ1) is 21.4. The monoisotopic (exact) mass is 457 g/mol. The standard InChI is InChI=1S/C22H22F3N7O/c1-2-14-10-16-17(27-20(14)33)9-13(11-26-16)12-31-5-7-32(8-6-31)18-4-3-15-19(29-18)30-21(28-15)22(23,24)25/h3-4,9-11H,2,5-8,12H2,1H3,(H,27,33)(H,28,29,30). The smallest absolute Gasteiger partial charge is 0.354 e. The van der Waals surface area contributed by atoms with E-state index in [2.05, 4.69) is 29.8 Å². The van der Waals surface area contributed by atoms with Gasteiger partial charge in [0.05, 0.1) is 16.6 Å². The number of alkyl halides is 3. The van der Waals surface area contributed by atoms with Gasteiger partial charge in [0.2, 0.25) is 5.82 Å². The number of aromatic amines is 2. The Morgan fingerprint density at radius 1 is 1.03 bits per heavy atom. The third-order valence-corrected chi connectivity index (χ3v) is 5.91. The van der Waals surface area contributed by atoms with Crippen LogP contribution in [0.1, 0.15) is 23.9 Å². The van der Waals surface area contributed by atoms with Crippen LogP contribution in [0, 0.1) is 0 Å². The van der Waals surface area contributed by atoms with Crippen LogP contribution < -0.4 is 10.5 Å². The van der Waals surface area contributed by atoms with Gasteiger partial charge in [-0.15, -0.1) is 0 Å². The summed E-state index contributed by atoms with van der Waals surface area (Å²) >= 11 is 0. The highest BCUT2D eigenvalue weighted by Crippen LogP contribution is 2.29. The van der Waals surface area contributed by atoms with Crippen LogP contribution >= 0.6 is 0 Å². The molecule has 0 radical (unpaired) electrons. The predicted molar refractivity (Wildman–Crippen MR) is 118 cm³/mol. The van der Waals surface area contributed by atoms with Gasteiger partial charge in [-0.1, -0.05) is 6.92 Å². The Balaban J connectivity index is 1.26. The van der Waals surface area contributed by atoms with Crippen LogP contribution in [0.15, 0.2) is 35.3 Å². The second-order valence-corrected chi connectivity index (χ2v) is 8.14. The normalized spacial score (nSPS) is 15.6. The van der Waals surface area contributed by atoms with Gasteiger partial charge in [-0.25, -0.2) is 9.97 Å². The van der Waals surface area contributed by atoms with Crippen molar-refractivity contribution in [3.05, 3.63) is 57.8 Å². The van der Waals surface area contributed by atoms with E-state index in [-0.39, 0.29) is 16.7 Å². The van der Waals surface area contributed by atoms with Gasteiger partial charge in [0.15, 0.2) is 5.65 Å². The van der Waals surface area contributed by atoms with Crippen LogP contribution in [-0.2, 0) is 19.1 Å². The number of imidazole rings is 1. The highest BCUT2D eigenvalue weighted by Gasteiger charge is 2.35. The molecule has 4 aromatic rings. The number of rotatable bonds is 4. The molecule has 2 N–H and O–H groups in total. The molecule has 4 aromatic heterocycles. The van der Waals surface area contributed by atoms with Crippen LogP contribution in [-0.4, -0.2) is 56.0 Å². The molecule has 5 heterocycles. The molecule has 1 fully saturated rings. The molecule has 0 spiro atoms. The SMILES string of the molecule is CCc1cc2ncc(CN3CCN(c4ccc5[nH]c(C(F)(F)F)nc5n4)CC3)cc2[nH]c1=O. The van der Waals surface area contributed by atoms with Crippen molar-refractivity contribution in [3.63, 3.8) is 0 Å². The van der Waals surface area contributed by atoms with Gasteiger partial charge in [-0.2, -0.15) is 13.2 Å². The van der Waals surface area contributed by atoms with E-state index < -0.39 is 12.0 Å². The largest absolute Gasteiger partial charge is 0.449 e. The Morgan fingerprint density at radius 2 is 1.82 bits per heavy atom. The number of pyridine rings is 3. The number of halogens is 3. The summed E-state index contributed by atoms with van der Waals surface area (Å²) in [5, 5.41) is 0. The average Bonchev–Trinajstić information content (AvgIpc) is 3.23. The van der Waals surface area contributed by atoms with E-state index in [0.717, 1.165) is 35.2 Å². The van der Waals surface area contributed by atoms with E-state index >= 15 is 0 Å². The fourth-order valence-corrected chi connectivity index (χ4v) is 4.10. The highest BCUT2D eigenvalue weighted by molar-refractivity contribution is 5.75. The van der Waals surface area contributed by atoms with Crippen molar-refractivity contribution >= 4 is 28.0 Å². The van der Waals surface area contributed by atoms with Crippen molar-refractivity contribution in [2.75, 3.05) is 31.1 Å². The molecule has 33 heavy (non-hydrogen) atoms. The summed E-state index contributed by atoms with van der Waals surface area (Å²) in [6.07, 6.45) is -2.04. The lowest BCUT2D eigenvalue weighted by atomic mass is 10.1. The fraction of sp³-hybridized carbons (Fsp3) is 0.364. The molecule has 0 saturated carbocycles. The first-order valence-electron chi connectivity index (χ1n) is 10.7. The predicted octanol–water partition coefficient (Wildman–Crippen LogP) is 3.10. The van der Waals surface area contributed by atoms with Crippen molar-refractivity contribution in [1.82, 2.24) is 29.8 Å². The van der Waals surface area contributed by atoms with Gasteiger partial charge in [0.1, 0.15) is 5.82 Å². The zero-order valence-corrected chi connectivity index (χ0v) is 17.9. The molecule has 1 saturated heterocycles. The Bertz CT molecular complexity index is 1370. The summed E-state index contributed by atoms with van der Waals surface area (Å²) in [6, 6.07) is 7.08. The van der Waals surface area contributed by atoms with Crippen molar-refractivity contribution < 1.29 is 13.2 Å². The lowest BCUT2D eigenvalue weighted by Gasteiger charge is -2.35. The van der Waals surface area contributed by atoms with Gasteiger partial charge >= 0.3 is 6.18 Å². The van der Waals surface area contributed by atoms with Gasteiger partial charge in [-0.05, 0) is 36.2 Å². The van der Waals surface area contributed by atoms with Crippen molar-refractivity contribution in [1.29, 1.82) is 0 Å². The molecule has 0 amide bonds. The zero-order chi connectivity index (χ0) is 23.2. The Hall–Kier alpha value is -3.47. The first-order chi connectivity index (χ1) is 15.8. The molecule has 5 rings (SSSR count). The minimum absolute atomic E-state index is 0.0599. The average molecular weight is 457 g/mol. The minimum atomic E-state index is -4.53. The Labute approximate surface area is 186 Å². The van der Waals surface area contributed by atoms with Gasteiger partial charge in [-0.3, -0.25) is 14.7 Å². The van der Waals surface area contributed by atoms with E-state index in [1.54, 1.807) is 12.1 Å². The molecule has 1 aliphatic rings. The number of hydrogen-bond acceptors (Lipinski definition) is 6. The molecule has 0 atom stereocenters. The molecule has 0 aromatic carbocycles. The lowest BCUT2D eigenvalue weighted by molar-refractivity contribution is -0.144. The third-order valence-electron chi connectivity index (χ3n) is 5.91. The van der Waals surface area contributed by atoms with E-state index in [1.165, 1.54) is 0 Å². The maximum atomic E-state index is 12.9. The van der Waals surface area contributed by atoms with Crippen molar-refractivity contribution in [2.24, 2.45) is 0 Å². The number of nitrogens with one attached hydrogen (secondary N) is 2. The molecule has 1 aliphatic heterocycles. The maximum absolute atomic E-state index is 12.9. The Morgan fingerprint density at radius 3 is 2.55 bits per heavy atom. The first-order valence-corrected chi connectivity index (χ1v) is 10.7. The molecule has 11 heteroatoms. The van der Waals surface area contributed by atoms with Gasteiger partial charge in [0.25, 0.3) is 5.56 Å². The van der Waals surface area contributed by atoms with Crippen LogP contribution in [0.2, 0.25) is 0 Å². The van der Waals surface area contributed by atoms with E-state index in [4.69, 9.17) is 0 Å². The van der Waals surface area contributed by atoms with Crippen LogP contribution in [0.3, 0.4) is 0 Å². The fourth-order valence-electron chi connectivity index (χ4n) is 4.10. The number of H-pyrrole nitrogens is 2. The van der Waals surface area contributed by atoms with Crippen molar-refractivity contribution in [2.45, 2.75) is 26.1 Å². The van der Waals surface area contributed by atoms with Crippen LogP contribution in [0.25, 0.3) is 22.2 Å². The summed E-state index contributed by atoms with van der Waals surface area (Å²) in [5.41, 5.74) is 3.46. The molecule has 0 bridgehead atoms. The highest BCUT2D eigenvalue weighted by atomic mass is 19.4. The third kappa shape index (κ3) is 4.28. The van der Waals surface area contributed by atoms with Crippen molar-refractivity contribution in [3.8, 4) is 0 Å². The zero-order valence-electron chi connectivity index (χ0n) is 17.9. The van der Waals surface area contributed by atoms with E-state index in [9.17, 15) is 18.0 Å². The second kappa shape index (κ2) is 8.14. The van der Waals surface area contributed by atoms with Gasteiger partial charge < -0.3 is 14.9 Å². The molecular weight excluding hydrogens is 435 g/mol. The summed E-state index contributed by atoms with van der Waals surface area (Å²) < 4.78 is 38.7. The number of anilines is 1. The topological polar surface area (TPSA) is 93.8 Å². The number of piperazine rings is 1. The van der Waals surface area contributed by atoms with Gasteiger partial charge in [0, 0.05) is 44.5 Å². The molecule has 0 unspecified atom stereocenters. The second-order valence-electron chi connectivity index (χ2n) is 8.14. The number of aryl methyl sites for hydroxylation is 1. The Kier molecular flexibility index (Phi) is 5.28. The number of hydrogen-bond donors (Lipinski definition) is 2. The van der Waals surface area contributed by atoms with Crippen LogP contribution in [0.5, 0.6) is 0 Å². The molecule has 172 valence electrons. The maximum Gasteiger partial charge on any atom is 0.449 e. The summed E-state index contributed by atoms with van der Waals surface area (Å²) in [5.74, 6) is -0.428. The molecule has 0 aliphatic carbocycles. The lowest BCUT2D eigenvalue weighted by Crippen LogP contribution is -2.46. The number of nitrogens with zero attached hydrogens (tertiary/aromatic N) is 5. The minimum Gasteiger partial charge on any atom is -0.354 e. The van der Waals surface area contributed by atoms with E-state index in [1.807, 2.05) is 30.2 Å². The number of aromatic nitrogens is 5. The number of fused-ring (bicyclic) bond motifs is 2. The molecule has 8 nitrogen and oxygen atoms in total.